The number of benzene rings is 1. The molecule has 0 amide bonds. The highest BCUT2D eigenvalue weighted by Crippen LogP contribution is 2.63. The predicted octanol–water partition coefficient (Wildman–Crippen LogP) is 4.21. The van der Waals surface area contributed by atoms with Crippen molar-refractivity contribution >= 4 is 13.3 Å². The normalized spacial score (nSPS) is 33.3. The van der Waals surface area contributed by atoms with Crippen LogP contribution in [0, 0.1) is 11.8 Å². The van der Waals surface area contributed by atoms with E-state index in [1.165, 1.54) is 6.42 Å². The summed E-state index contributed by atoms with van der Waals surface area (Å²) in [4.78, 5) is 0. The molecule has 1 aromatic rings. The molecule has 0 unspecified atom stereocenters. The van der Waals surface area contributed by atoms with Gasteiger partial charge in [0, 0.05) is 0 Å². The van der Waals surface area contributed by atoms with E-state index in [2.05, 4.69) is 71.1 Å². The fourth-order valence-electron chi connectivity index (χ4n) is 4.69. The molecular weight excluding hydrogens is 300 g/mol. The van der Waals surface area contributed by atoms with Crippen molar-refractivity contribution in [2.24, 2.45) is 11.8 Å². The van der Waals surface area contributed by atoms with Crippen molar-refractivity contribution in [3.63, 3.8) is 0 Å². The molecule has 3 heteroatoms. The summed E-state index contributed by atoms with van der Waals surface area (Å²) in [5.74, 6) is 1.53. The van der Waals surface area contributed by atoms with Crippen LogP contribution in [0.1, 0.15) is 34.1 Å². The molecule has 2 aliphatic rings. The lowest BCUT2D eigenvalue weighted by atomic mass is 10.1. The maximum Gasteiger partial charge on any atom is 0.0871 e. The van der Waals surface area contributed by atoms with Crippen molar-refractivity contribution < 1.29 is 9.47 Å². The van der Waals surface area contributed by atoms with Gasteiger partial charge in [-0.1, -0.05) is 48.6 Å². The maximum absolute atomic E-state index is 6.46. The Hall–Kier alpha value is -0.643. The molecule has 2 saturated carbocycles. The van der Waals surface area contributed by atoms with Gasteiger partial charge in [0.05, 0.1) is 32.5 Å². The number of ether oxygens (including phenoxy) is 2. The largest absolute Gasteiger partial charge is 0.373 e. The third-order valence-electron chi connectivity index (χ3n) is 5.66. The fourth-order valence-corrected chi connectivity index (χ4v) is 8.67. The van der Waals surface area contributed by atoms with Crippen LogP contribution in [0.3, 0.4) is 0 Å². The van der Waals surface area contributed by atoms with Crippen molar-refractivity contribution in [3.05, 3.63) is 30.3 Å². The van der Waals surface area contributed by atoms with E-state index in [1.807, 2.05) is 0 Å². The average molecular weight is 333 g/mol. The van der Waals surface area contributed by atoms with Gasteiger partial charge in [0.25, 0.3) is 0 Å². The topological polar surface area (TPSA) is 18.5 Å². The second kappa shape index (κ2) is 6.34. The molecule has 1 aromatic carbocycles. The van der Waals surface area contributed by atoms with Crippen molar-refractivity contribution in [3.8, 4) is 0 Å². The molecule has 0 aromatic heterocycles. The Balaban J connectivity index is 1.90. The summed E-state index contributed by atoms with van der Waals surface area (Å²) in [7, 11) is -1.60. The number of rotatable bonds is 6. The van der Waals surface area contributed by atoms with Gasteiger partial charge < -0.3 is 9.47 Å². The molecule has 0 bridgehead atoms. The third kappa shape index (κ3) is 3.28. The van der Waals surface area contributed by atoms with E-state index in [0.717, 1.165) is 11.8 Å². The van der Waals surface area contributed by atoms with Gasteiger partial charge >= 0.3 is 0 Å². The summed E-state index contributed by atoms with van der Waals surface area (Å²) in [6, 6.07) is 11.1. The van der Waals surface area contributed by atoms with E-state index in [9.17, 15) is 0 Å². The Morgan fingerprint density at radius 3 is 2.00 bits per heavy atom. The number of fused-ring (bicyclic) bond motifs is 1. The van der Waals surface area contributed by atoms with Gasteiger partial charge in [-0.05, 0) is 51.5 Å². The van der Waals surface area contributed by atoms with Crippen molar-refractivity contribution in [2.45, 2.75) is 77.2 Å². The van der Waals surface area contributed by atoms with Crippen LogP contribution in [-0.2, 0) is 9.47 Å². The Kier molecular flexibility index (Phi) is 4.74. The maximum atomic E-state index is 6.46. The number of hydrogen-bond acceptors (Lipinski definition) is 2. The summed E-state index contributed by atoms with van der Waals surface area (Å²) in [6.45, 7) is 13.7. The molecule has 0 saturated heterocycles. The lowest BCUT2D eigenvalue weighted by Gasteiger charge is -2.39. The van der Waals surface area contributed by atoms with Gasteiger partial charge in [0.15, 0.2) is 0 Å². The summed E-state index contributed by atoms with van der Waals surface area (Å²) >= 11 is 0. The highest BCUT2D eigenvalue weighted by Gasteiger charge is 2.65. The van der Waals surface area contributed by atoms with E-state index < -0.39 is 8.07 Å². The highest BCUT2D eigenvalue weighted by atomic mass is 28.3. The summed E-state index contributed by atoms with van der Waals surface area (Å²) in [5, 5.41) is 1.55. The van der Waals surface area contributed by atoms with Gasteiger partial charge in [0.1, 0.15) is 0 Å². The molecule has 2 fully saturated rings. The second-order valence-corrected chi connectivity index (χ2v) is 13.2. The van der Waals surface area contributed by atoms with Crippen molar-refractivity contribution in [1.82, 2.24) is 0 Å². The first-order valence-corrected chi connectivity index (χ1v) is 12.3. The van der Waals surface area contributed by atoms with Gasteiger partial charge in [0.2, 0.25) is 0 Å². The summed E-state index contributed by atoms with van der Waals surface area (Å²) < 4.78 is 12.8. The fraction of sp³-hybridized carbons (Fsp3) is 0.700. The zero-order valence-electron chi connectivity index (χ0n) is 15.5. The van der Waals surface area contributed by atoms with Crippen LogP contribution >= 0.6 is 0 Å². The zero-order valence-corrected chi connectivity index (χ0v) is 16.5. The Morgan fingerprint density at radius 1 is 0.870 bits per heavy atom. The first-order chi connectivity index (χ1) is 10.8. The van der Waals surface area contributed by atoms with Gasteiger partial charge in [-0.15, -0.1) is 0 Å². The van der Waals surface area contributed by atoms with E-state index in [1.54, 1.807) is 5.19 Å². The minimum absolute atomic E-state index is 0.263. The molecule has 0 radical (unpaired) electrons. The van der Waals surface area contributed by atoms with Crippen LogP contribution < -0.4 is 5.19 Å². The van der Waals surface area contributed by atoms with Crippen molar-refractivity contribution in [2.75, 3.05) is 0 Å². The molecule has 2 aliphatic carbocycles. The first-order valence-electron chi connectivity index (χ1n) is 9.18. The van der Waals surface area contributed by atoms with Crippen LogP contribution in [0.15, 0.2) is 30.3 Å². The molecule has 3 rings (SSSR count). The Bertz CT molecular complexity index is 526. The first kappa shape index (κ1) is 17.2. The minimum atomic E-state index is -1.60. The highest BCUT2D eigenvalue weighted by molar-refractivity contribution is 6.91. The molecule has 5 atom stereocenters. The Morgan fingerprint density at radius 2 is 1.43 bits per heavy atom. The summed E-state index contributed by atoms with van der Waals surface area (Å²) in [6.07, 6.45) is 2.44. The van der Waals surface area contributed by atoms with Crippen molar-refractivity contribution in [1.29, 1.82) is 0 Å². The minimum Gasteiger partial charge on any atom is -0.373 e. The smallest absolute Gasteiger partial charge is 0.0871 e. The quantitative estimate of drug-likeness (QED) is 0.727. The molecule has 2 nitrogen and oxygen atoms in total. The van der Waals surface area contributed by atoms with E-state index in [4.69, 9.17) is 9.47 Å². The molecular formula is C20H32O2Si. The summed E-state index contributed by atoms with van der Waals surface area (Å²) in [5.41, 5.74) is 0.668. The zero-order chi connectivity index (χ0) is 16.8. The predicted molar refractivity (Wildman–Crippen MR) is 98.9 cm³/mol. The molecule has 0 aliphatic heterocycles. The third-order valence-corrected chi connectivity index (χ3v) is 9.91. The van der Waals surface area contributed by atoms with Crippen LogP contribution in [0.25, 0.3) is 0 Å². The van der Waals surface area contributed by atoms with Crippen LogP contribution in [0.2, 0.25) is 18.6 Å². The van der Waals surface area contributed by atoms with Crippen LogP contribution in [0.5, 0.6) is 0 Å². The van der Waals surface area contributed by atoms with Crippen LogP contribution in [-0.4, -0.2) is 32.5 Å². The average Bonchev–Trinajstić information content (AvgIpc) is 3.18. The molecule has 23 heavy (non-hydrogen) atoms. The number of hydrogen-bond donors (Lipinski definition) is 0. The van der Waals surface area contributed by atoms with E-state index >= 15 is 0 Å². The van der Waals surface area contributed by atoms with Gasteiger partial charge in [-0.2, -0.15) is 0 Å². The van der Waals surface area contributed by atoms with Gasteiger partial charge in [-0.25, -0.2) is 0 Å². The SMILES string of the molecule is CC(C)O[C@H]1[C@@H]2C[C@@H]2[C@@H]([Si](C)(C)c2ccccc2)[C@H]1OC(C)C. The molecule has 0 N–H and O–H groups in total. The standard InChI is InChI=1S/C20H32O2Si/c1-13(2)21-18-16-12-17(16)20(19(18)22-14(3)4)23(5,6)15-10-8-7-9-11-15/h7-11,13-14,16-20H,12H2,1-6H3/t16-,17+,18+,19+,20-/m1/s1. The lowest BCUT2D eigenvalue weighted by molar-refractivity contribution is -0.106. The van der Waals surface area contributed by atoms with E-state index in [-0.39, 0.29) is 18.3 Å². The van der Waals surface area contributed by atoms with Crippen LogP contribution in [0.4, 0.5) is 0 Å². The van der Waals surface area contributed by atoms with Gasteiger partial charge in [-0.3, -0.25) is 0 Å². The van der Waals surface area contributed by atoms with E-state index in [0.29, 0.717) is 11.6 Å². The molecule has 128 valence electrons. The monoisotopic (exact) mass is 332 g/mol. The Labute approximate surface area is 142 Å². The second-order valence-electron chi connectivity index (χ2n) is 8.48. The lowest BCUT2D eigenvalue weighted by Crippen LogP contribution is -2.52. The molecule has 0 heterocycles. The molecule has 0 spiro atoms.